The number of benzene rings is 1. The molecule has 0 atom stereocenters. The maximum atomic E-state index is 11.0. The van der Waals surface area contributed by atoms with Crippen LogP contribution in [0.15, 0.2) is 40.2 Å². The van der Waals surface area contributed by atoms with Crippen molar-refractivity contribution in [2.45, 2.75) is 6.54 Å². The Hall–Kier alpha value is -1.33. The van der Waals surface area contributed by atoms with Crippen LogP contribution in [0.5, 0.6) is 0 Å². The van der Waals surface area contributed by atoms with Gasteiger partial charge in [0.05, 0.1) is 3.79 Å². The number of hydrogen-bond donors (Lipinski definition) is 2. The Morgan fingerprint density at radius 3 is 2.82 bits per heavy atom. The molecule has 0 fully saturated rings. The summed E-state index contributed by atoms with van der Waals surface area (Å²) in [6.45, 7) is 0.735. The zero-order chi connectivity index (χ0) is 12.3. The molecule has 3 nitrogen and oxygen atoms in total. The first-order valence-corrected chi connectivity index (χ1v) is 6.64. The van der Waals surface area contributed by atoms with Gasteiger partial charge < -0.3 is 11.1 Å². The number of halogens is 1. The van der Waals surface area contributed by atoms with Crippen molar-refractivity contribution < 1.29 is 4.79 Å². The Morgan fingerprint density at radius 2 is 2.18 bits per heavy atom. The van der Waals surface area contributed by atoms with E-state index in [9.17, 15) is 4.79 Å². The molecule has 3 N–H and O–H groups in total. The lowest BCUT2D eigenvalue weighted by Crippen LogP contribution is -2.11. The molecule has 2 aromatic rings. The maximum Gasteiger partial charge on any atom is 0.248 e. The number of primary amides is 1. The molecule has 0 aliphatic carbocycles. The molecule has 2 rings (SSSR count). The van der Waals surface area contributed by atoms with E-state index < -0.39 is 5.91 Å². The van der Waals surface area contributed by atoms with Crippen molar-refractivity contribution in [2.75, 3.05) is 5.32 Å². The predicted octanol–water partition coefficient (Wildman–Crippen LogP) is 3.22. The maximum absolute atomic E-state index is 11.0. The Balaban J connectivity index is 2.04. The fourth-order valence-electron chi connectivity index (χ4n) is 1.42. The van der Waals surface area contributed by atoms with Crippen LogP contribution in [0.25, 0.3) is 0 Å². The van der Waals surface area contributed by atoms with Crippen LogP contribution in [-0.2, 0) is 6.54 Å². The summed E-state index contributed by atoms with van der Waals surface area (Å²) in [5.74, 6) is -0.410. The van der Waals surface area contributed by atoms with Crippen LogP contribution in [0.2, 0.25) is 0 Å². The number of amides is 1. The monoisotopic (exact) mass is 310 g/mol. The van der Waals surface area contributed by atoms with Gasteiger partial charge in [-0.1, -0.05) is 6.07 Å². The highest BCUT2D eigenvalue weighted by Crippen LogP contribution is 2.23. The largest absolute Gasteiger partial charge is 0.380 e. The second-order valence-electron chi connectivity index (χ2n) is 3.50. The highest BCUT2D eigenvalue weighted by Gasteiger charge is 2.02. The second-order valence-corrected chi connectivity index (χ2v) is 6.05. The van der Waals surface area contributed by atoms with Gasteiger partial charge in [0.15, 0.2) is 0 Å². The quantitative estimate of drug-likeness (QED) is 0.911. The number of carbonyl (C=O) groups is 1. The van der Waals surface area contributed by atoms with E-state index in [4.69, 9.17) is 5.73 Å². The van der Waals surface area contributed by atoms with Crippen LogP contribution in [0.4, 0.5) is 5.69 Å². The summed E-state index contributed by atoms with van der Waals surface area (Å²) >= 11 is 5.10. The number of anilines is 1. The molecule has 1 aromatic heterocycles. The van der Waals surface area contributed by atoms with E-state index in [1.54, 1.807) is 23.5 Å². The average Bonchev–Trinajstić information content (AvgIpc) is 2.73. The Morgan fingerprint density at radius 1 is 1.35 bits per heavy atom. The zero-order valence-electron chi connectivity index (χ0n) is 8.94. The van der Waals surface area contributed by atoms with E-state index in [1.807, 2.05) is 18.2 Å². The third-order valence-corrected chi connectivity index (χ3v) is 3.87. The molecule has 0 saturated heterocycles. The van der Waals surface area contributed by atoms with Gasteiger partial charge in [0.1, 0.15) is 0 Å². The first-order valence-electron chi connectivity index (χ1n) is 5.03. The van der Waals surface area contributed by atoms with Gasteiger partial charge in [-0.2, -0.15) is 0 Å². The van der Waals surface area contributed by atoms with Crippen molar-refractivity contribution in [2.24, 2.45) is 5.73 Å². The molecule has 0 aliphatic heterocycles. The molecule has 0 aliphatic rings. The third-order valence-electron chi connectivity index (χ3n) is 2.24. The van der Waals surface area contributed by atoms with Gasteiger partial charge in [0.25, 0.3) is 0 Å². The van der Waals surface area contributed by atoms with Crippen LogP contribution in [0, 0.1) is 0 Å². The number of rotatable bonds is 4. The van der Waals surface area contributed by atoms with Gasteiger partial charge >= 0.3 is 0 Å². The minimum absolute atomic E-state index is 0.410. The van der Waals surface area contributed by atoms with Gasteiger partial charge in [-0.05, 0) is 46.3 Å². The molecule has 1 heterocycles. The summed E-state index contributed by atoms with van der Waals surface area (Å²) < 4.78 is 1.11. The SMILES string of the molecule is NC(=O)c1cccc(NCc2ccc(Br)s2)c1. The Kier molecular flexibility index (Phi) is 3.81. The lowest BCUT2D eigenvalue weighted by molar-refractivity contribution is 0.100. The molecule has 1 aromatic carbocycles. The van der Waals surface area contributed by atoms with Gasteiger partial charge in [-0.25, -0.2) is 0 Å². The van der Waals surface area contributed by atoms with E-state index in [0.29, 0.717) is 5.56 Å². The van der Waals surface area contributed by atoms with Gasteiger partial charge in [0.2, 0.25) is 5.91 Å². The Bertz CT molecular complexity index is 539. The molecule has 5 heteroatoms. The van der Waals surface area contributed by atoms with E-state index >= 15 is 0 Å². The van der Waals surface area contributed by atoms with E-state index in [1.165, 1.54) is 4.88 Å². The highest BCUT2D eigenvalue weighted by atomic mass is 79.9. The molecular formula is C12H11BrN2OS. The second kappa shape index (κ2) is 5.33. The van der Waals surface area contributed by atoms with E-state index in [-0.39, 0.29) is 0 Å². The first kappa shape index (κ1) is 12.1. The number of carbonyl (C=O) groups excluding carboxylic acids is 1. The first-order chi connectivity index (χ1) is 8.15. The average molecular weight is 311 g/mol. The summed E-state index contributed by atoms with van der Waals surface area (Å²) in [7, 11) is 0. The Labute approximate surface area is 112 Å². The zero-order valence-corrected chi connectivity index (χ0v) is 11.3. The molecule has 0 radical (unpaired) electrons. The smallest absolute Gasteiger partial charge is 0.248 e. The summed E-state index contributed by atoms with van der Waals surface area (Å²) in [6, 6.07) is 11.3. The van der Waals surface area contributed by atoms with Gasteiger partial charge in [0, 0.05) is 22.7 Å². The molecular weight excluding hydrogens is 300 g/mol. The summed E-state index contributed by atoms with van der Waals surface area (Å²) in [6.07, 6.45) is 0. The topological polar surface area (TPSA) is 55.1 Å². The van der Waals surface area contributed by atoms with Gasteiger partial charge in [-0.15, -0.1) is 11.3 Å². The fourth-order valence-corrected chi connectivity index (χ4v) is 2.84. The van der Waals surface area contributed by atoms with Crippen LogP contribution < -0.4 is 11.1 Å². The third kappa shape index (κ3) is 3.31. The molecule has 0 bridgehead atoms. The van der Waals surface area contributed by atoms with Crippen molar-refractivity contribution in [3.8, 4) is 0 Å². The van der Waals surface area contributed by atoms with Gasteiger partial charge in [-0.3, -0.25) is 4.79 Å². The van der Waals surface area contributed by atoms with E-state index in [2.05, 4.69) is 27.3 Å². The van der Waals surface area contributed by atoms with Crippen molar-refractivity contribution >= 4 is 38.9 Å². The molecule has 0 saturated carbocycles. The number of thiophene rings is 1. The standard InChI is InChI=1S/C12H11BrN2OS/c13-11-5-4-10(17-11)7-15-9-3-1-2-8(6-9)12(14)16/h1-6,15H,7H2,(H2,14,16). The molecule has 88 valence electrons. The van der Waals surface area contributed by atoms with Crippen LogP contribution in [0.1, 0.15) is 15.2 Å². The predicted molar refractivity (Wildman–Crippen MR) is 74.3 cm³/mol. The normalized spacial score (nSPS) is 10.2. The summed E-state index contributed by atoms with van der Waals surface area (Å²) in [5, 5.41) is 3.25. The minimum Gasteiger partial charge on any atom is -0.380 e. The molecule has 17 heavy (non-hydrogen) atoms. The molecule has 0 unspecified atom stereocenters. The van der Waals surface area contributed by atoms with Crippen molar-refractivity contribution in [1.82, 2.24) is 0 Å². The summed E-state index contributed by atoms with van der Waals surface area (Å²) in [5.41, 5.74) is 6.63. The van der Waals surface area contributed by atoms with Crippen LogP contribution in [-0.4, -0.2) is 5.91 Å². The van der Waals surface area contributed by atoms with Crippen molar-refractivity contribution in [3.05, 3.63) is 50.6 Å². The highest BCUT2D eigenvalue weighted by molar-refractivity contribution is 9.11. The number of nitrogens with two attached hydrogens (primary N) is 1. The number of hydrogen-bond acceptors (Lipinski definition) is 3. The van der Waals surface area contributed by atoms with Crippen LogP contribution in [0.3, 0.4) is 0 Å². The van der Waals surface area contributed by atoms with E-state index in [0.717, 1.165) is 16.0 Å². The van der Waals surface area contributed by atoms with Crippen LogP contribution >= 0.6 is 27.3 Å². The van der Waals surface area contributed by atoms with Crippen molar-refractivity contribution in [1.29, 1.82) is 0 Å². The number of nitrogens with one attached hydrogen (secondary N) is 1. The molecule has 1 amide bonds. The minimum atomic E-state index is -0.410. The lowest BCUT2D eigenvalue weighted by Gasteiger charge is -2.05. The lowest BCUT2D eigenvalue weighted by atomic mass is 10.2. The molecule has 0 spiro atoms. The van der Waals surface area contributed by atoms with Crippen molar-refractivity contribution in [3.63, 3.8) is 0 Å². The summed E-state index contributed by atoms with van der Waals surface area (Å²) in [4.78, 5) is 12.2. The fraction of sp³-hybridized carbons (Fsp3) is 0.0833.